The van der Waals surface area contributed by atoms with Crippen molar-refractivity contribution in [1.82, 2.24) is 4.90 Å². The van der Waals surface area contributed by atoms with Crippen LogP contribution in [0.1, 0.15) is 64.3 Å². The fourth-order valence-corrected chi connectivity index (χ4v) is 3.24. The van der Waals surface area contributed by atoms with E-state index in [4.69, 9.17) is 9.47 Å². The van der Waals surface area contributed by atoms with Crippen molar-refractivity contribution in [2.45, 2.75) is 45.9 Å². The Hall–Kier alpha value is -2.99. The lowest BCUT2D eigenvalue weighted by molar-refractivity contribution is 0.0118. The van der Waals surface area contributed by atoms with Gasteiger partial charge in [0.05, 0.1) is 41.5 Å². The van der Waals surface area contributed by atoms with E-state index >= 15 is 0 Å². The van der Waals surface area contributed by atoms with Gasteiger partial charge in [-0.25, -0.2) is 4.79 Å². The van der Waals surface area contributed by atoms with Crippen molar-refractivity contribution in [2.24, 2.45) is 0 Å². The molecule has 0 unspecified atom stereocenters. The van der Waals surface area contributed by atoms with E-state index < -0.39 is 5.54 Å². The van der Waals surface area contributed by atoms with Crippen LogP contribution in [0.25, 0.3) is 0 Å². The molecule has 0 atom stereocenters. The van der Waals surface area contributed by atoms with Gasteiger partial charge in [0.1, 0.15) is 0 Å². The van der Waals surface area contributed by atoms with Gasteiger partial charge >= 0.3 is 5.97 Å². The first kappa shape index (κ1) is 20.7. The molecule has 1 heterocycles. The third-order valence-corrected chi connectivity index (χ3v) is 4.66. The fraction of sp³-hybridized carbons (Fsp3) is 0.348. The summed E-state index contributed by atoms with van der Waals surface area (Å²) in [5.41, 5.74) is 1.41. The molecule has 0 bridgehead atoms. The van der Waals surface area contributed by atoms with E-state index in [2.05, 4.69) is 0 Å². The van der Waals surface area contributed by atoms with Gasteiger partial charge in [-0.3, -0.25) is 14.5 Å². The number of carbonyl (C=O) groups excluding carboxylic acids is 3. The molecule has 6 nitrogen and oxygen atoms in total. The second kappa shape index (κ2) is 8.17. The maximum atomic E-state index is 12.7. The minimum Gasteiger partial charge on any atom is -0.459 e. The highest BCUT2D eigenvalue weighted by atomic mass is 16.5. The fourth-order valence-electron chi connectivity index (χ4n) is 3.24. The van der Waals surface area contributed by atoms with E-state index in [-0.39, 0.29) is 30.5 Å². The number of rotatable bonds is 7. The van der Waals surface area contributed by atoms with Gasteiger partial charge in [-0.05, 0) is 57.5 Å². The topological polar surface area (TPSA) is 72.9 Å². The number of carbonyl (C=O) groups is 3. The van der Waals surface area contributed by atoms with Gasteiger partial charge in [0.15, 0.2) is 0 Å². The first-order chi connectivity index (χ1) is 13.7. The van der Waals surface area contributed by atoms with E-state index in [1.54, 1.807) is 76.2 Å². The molecule has 0 radical (unpaired) electrons. The van der Waals surface area contributed by atoms with Crippen molar-refractivity contribution in [3.05, 3.63) is 70.8 Å². The average molecular weight is 395 g/mol. The smallest absolute Gasteiger partial charge is 0.338 e. The largest absolute Gasteiger partial charge is 0.459 e. The molecule has 2 aromatic carbocycles. The first-order valence-electron chi connectivity index (χ1n) is 9.56. The monoisotopic (exact) mass is 395 g/mol. The summed E-state index contributed by atoms with van der Waals surface area (Å²) in [6, 6.07) is 13.8. The van der Waals surface area contributed by atoms with Gasteiger partial charge in [0.25, 0.3) is 11.8 Å². The molecular weight excluding hydrogens is 370 g/mol. The molecule has 3 rings (SSSR count). The zero-order valence-electron chi connectivity index (χ0n) is 17.1. The number of benzene rings is 2. The molecule has 0 N–H and O–H groups in total. The molecule has 0 aliphatic carbocycles. The quantitative estimate of drug-likeness (QED) is 0.526. The Morgan fingerprint density at radius 3 is 2.03 bits per heavy atom. The molecule has 0 saturated heterocycles. The van der Waals surface area contributed by atoms with E-state index in [1.807, 2.05) is 0 Å². The van der Waals surface area contributed by atoms with E-state index in [0.717, 1.165) is 5.56 Å². The minimum atomic E-state index is -0.797. The van der Waals surface area contributed by atoms with Crippen LogP contribution in [0.15, 0.2) is 48.5 Å². The van der Waals surface area contributed by atoms with Crippen LogP contribution in [0, 0.1) is 0 Å². The summed E-state index contributed by atoms with van der Waals surface area (Å²) in [6.07, 6.45) is -0.171. The highest BCUT2D eigenvalue weighted by Gasteiger charge is 2.43. The Bertz CT molecular complexity index is 896. The highest BCUT2D eigenvalue weighted by Crippen LogP contribution is 2.29. The number of imide groups is 1. The van der Waals surface area contributed by atoms with E-state index in [0.29, 0.717) is 23.3 Å². The van der Waals surface area contributed by atoms with Gasteiger partial charge in [-0.1, -0.05) is 24.3 Å². The summed E-state index contributed by atoms with van der Waals surface area (Å²) < 4.78 is 11.0. The lowest BCUT2D eigenvalue weighted by Crippen LogP contribution is -2.50. The standard InChI is InChI=1S/C23H25NO5/c1-15(2)29-22(27)17-11-9-16(10-12-17)13-28-14-23(3,4)24-20(25)18-7-5-6-8-19(18)21(24)26/h5-12,15H,13-14H2,1-4H3. The Morgan fingerprint density at radius 2 is 1.52 bits per heavy atom. The second-order valence-electron chi connectivity index (χ2n) is 7.95. The van der Waals surface area contributed by atoms with Crippen LogP contribution >= 0.6 is 0 Å². The molecule has 0 saturated carbocycles. The van der Waals surface area contributed by atoms with E-state index in [1.165, 1.54) is 4.90 Å². The molecule has 1 aliphatic heterocycles. The number of ether oxygens (including phenoxy) is 2. The van der Waals surface area contributed by atoms with Crippen molar-refractivity contribution in [1.29, 1.82) is 0 Å². The maximum absolute atomic E-state index is 12.7. The van der Waals surface area contributed by atoms with Crippen molar-refractivity contribution in [3.8, 4) is 0 Å². The second-order valence-corrected chi connectivity index (χ2v) is 7.95. The van der Waals surface area contributed by atoms with Gasteiger partial charge in [0.2, 0.25) is 0 Å². The van der Waals surface area contributed by atoms with Crippen molar-refractivity contribution in [3.63, 3.8) is 0 Å². The zero-order valence-corrected chi connectivity index (χ0v) is 17.1. The van der Waals surface area contributed by atoms with Crippen molar-refractivity contribution >= 4 is 17.8 Å². The summed E-state index contributed by atoms with van der Waals surface area (Å²) in [7, 11) is 0. The predicted molar refractivity (Wildman–Crippen MR) is 108 cm³/mol. The molecule has 6 heteroatoms. The van der Waals surface area contributed by atoms with Crippen LogP contribution in [-0.2, 0) is 16.1 Å². The molecule has 1 aliphatic rings. The summed E-state index contributed by atoms with van der Waals surface area (Å²) in [6.45, 7) is 7.70. The number of fused-ring (bicyclic) bond motifs is 1. The SMILES string of the molecule is CC(C)OC(=O)c1ccc(COCC(C)(C)N2C(=O)c3ccccc3C2=O)cc1. The number of amides is 2. The predicted octanol–water partition coefficient (Wildman–Crippen LogP) is 3.84. The Kier molecular flexibility index (Phi) is 5.84. The maximum Gasteiger partial charge on any atom is 0.338 e. The average Bonchev–Trinajstić information content (AvgIpc) is 2.93. The Labute approximate surface area is 170 Å². The van der Waals surface area contributed by atoms with Crippen LogP contribution in [-0.4, -0.2) is 40.9 Å². The summed E-state index contributed by atoms with van der Waals surface area (Å²) >= 11 is 0. The number of hydrogen-bond acceptors (Lipinski definition) is 5. The summed E-state index contributed by atoms with van der Waals surface area (Å²) in [5.74, 6) is -0.960. The molecule has 0 aromatic heterocycles. The van der Waals surface area contributed by atoms with Gasteiger partial charge in [-0.15, -0.1) is 0 Å². The van der Waals surface area contributed by atoms with Crippen LogP contribution in [0.5, 0.6) is 0 Å². The van der Waals surface area contributed by atoms with Crippen molar-refractivity contribution < 1.29 is 23.9 Å². The zero-order chi connectivity index (χ0) is 21.2. The molecule has 0 fully saturated rings. The third-order valence-electron chi connectivity index (χ3n) is 4.66. The first-order valence-corrected chi connectivity index (χ1v) is 9.56. The Morgan fingerprint density at radius 1 is 0.966 bits per heavy atom. The van der Waals surface area contributed by atoms with Crippen LogP contribution in [0.3, 0.4) is 0 Å². The molecule has 2 amide bonds. The van der Waals surface area contributed by atoms with Crippen LogP contribution in [0.4, 0.5) is 0 Å². The summed E-state index contributed by atoms with van der Waals surface area (Å²) in [4.78, 5) is 38.5. The van der Waals surface area contributed by atoms with Crippen LogP contribution < -0.4 is 0 Å². The minimum absolute atomic E-state index is 0.171. The molecular formula is C23H25NO5. The number of esters is 1. The van der Waals surface area contributed by atoms with Crippen LogP contribution in [0.2, 0.25) is 0 Å². The number of hydrogen-bond donors (Lipinski definition) is 0. The molecule has 2 aromatic rings. The number of nitrogens with zero attached hydrogens (tertiary/aromatic N) is 1. The lowest BCUT2D eigenvalue weighted by Gasteiger charge is -2.33. The Balaban J connectivity index is 1.59. The molecule has 152 valence electrons. The molecule has 29 heavy (non-hydrogen) atoms. The lowest BCUT2D eigenvalue weighted by atomic mass is 10.0. The normalized spacial score (nSPS) is 13.8. The van der Waals surface area contributed by atoms with Crippen molar-refractivity contribution in [2.75, 3.05) is 6.61 Å². The molecule has 0 spiro atoms. The van der Waals surface area contributed by atoms with E-state index in [9.17, 15) is 14.4 Å². The highest BCUT2D eigenvalue weighted by molar-refractivity contribution is 6.21. The third kappa shape index (κ3) is 4.38. The summed E-state index contributed by atoms with van der Waals surface area (Å²) in [5, 5.41) is 0. The van der Waals surface area contributed by atoms with Gasteiger partial charge in [-0.2, -0.15) is 0 Å². The van der Waals surface area contributed by atoms with Gasteiger partial charge in [0, 0.05) is 0 Å². The van der Waals surface area contributed by atoms with Gasteiger partial charge < -0.3 is 9.47 Å².